The van der Waals surface area contributed by atoms with Gasteiger partial charge in [-0.25, -0.2) is 8.42 Å². The van der Waals surface area contributed by atoms with Crippen LogP contribution in [-0.2, 0) is 14.6 Å². The highest BCUT2D eigenvalue weighted by atomic mass is 35.5. The van der Waals surface area contributed by atoms with Crippen molar-refractivity contribution in [3.63, 3.8) is 0 Å². The van der Waals surface area contributed by atoms with Gasteiger partial charge in [0.15, 0.2) is 5.37 Å². The van der Waals surface area contributed by atoms with Crippen LogP contribution in [-0.4, -0.2) is 21.4 Å². The summed E-state index contributed by atoms with van der Waals surface area (Å²) in [6.45, 7) is 0. The van der Waals surface area contributed by atoms with Gasteiger partial charge in [0.2, 0.25) is 9.84 Å². The molecule has 0 aromatic heterocycles. The van der Waals surface area contributed by atoms with Crippen LogP contribution >= 0.6 is 23.2 Å². The smallest absolute Gasteiger partial charge is 0.271 e. The van der Waals surface area contributed by atoms with Gasteiger partial charge in [-0.2, -0.15) is 0 Å². The summed E-state index contributed by atoms with van der Waals surface area (Å²) in [5.74, 6) is -0.0155. The van der Waals surface area contributed by atoms with Crippen LogP contribution in [0.5, 0.6) is 5.75 Å². The maximum Gasteiger partial charge on any atom is 0.271 e. The molecular weight excluding hydrogens is 457 g/mol. The Morgan fingerprint density at radius 3 is 1.97 bits per heavy atom. The second-order valence-corrected chi connectivity index (χ2v) is 9.73. The number of amides is 1. The standard InChI is InChI=1S/C23H17Cl2NO4S/c1-30-20-12-10-19(11-13-20)26-22(27)21(14-15-2-6-17(24)7-3-15)31(28,29)23(26)16-4-8-18(25)9-5-16/h2-14,23H,1H3/b21-14-/t23-/m1/s1. The van der Waals surface area contributed by atoms with Crippen LogP contribution < -0.4 is 9.64 Å². The second-order valence-electron chi connectivity index (χ2n) is 6.88. The minimum absolute atomic E-state index is 0.286. The molecule has 3 aromatic rings. The molecule has 158 valence electrons. The molecule has 0 unspecified atom stereocenters. The van der Waals surface area contributed by atoms with Crippen LogP contribution in [0.3, 0.4) is 0 Å². The Morgan fingerprint density at radius 1 is 0.871 bits per heavy atom. The summed E-state index contributed by atoms with van der Waals surface area (Å²) in [6.07, 6.45) is 1.38. The van der Waals surface area contributed by atoms with E-state index in [0.29, 0.717) is 32.6 Å². The lowest BCUT2D eigenvalue weighted by Gasteiger charge is -2.23. The Hall–Kier alpha value is -2.80. The number of rotatable bonds is 4. The number of carbonyl (C=O) groups excluding carboxylic acids is 1. The number of hydrogen-bond donors (Lipinski definition) is 0. The van der Waals surface area contributed by atoms with Gasteiger partial charge in [0.25, 0.3) is 5.91 Å². The molecule has 1 aliphatic rings. The van der Waals surface area contributed by atoms with Gasteiger partial charge in [-0.1, -0.05) is 47.5 Å². The zero-order valence-corrected chi connectivity index (χ0v) is 18.7. The van der Waals surface area contributed by atoms with Crippen LogP contribution in [0.15, 0.2) is 77.7 Å². The highest BCUT2D eigenvalue weighted by Crippen LogP contribution is 2.44. The van der Waals surface area contributed by atoms with E-state index in [0.717, 1.165) is 0 Å². The van der Waals surface area contributed by atoms with Gasteiger partial charge in [0.05, 0.1) is 7.11 Å². The van der Waals surface area contributed by atoms with Crippen molar-refractivity contribution in [1.82, 2.24) is 0 Å². The summed E-state index contributed by atoms with van der Waals surface area (Å²) in [7, 11) is -2.50. The topological polar surface area (TPSA) is 63.7 Å². The average molecular weight is 474 g/mol. The molecule has 0 radical (unpaired) electrons. The molecule has 0 bridgehead atoms. The van der Waals surface area contributed by atoms with Crippen molar-refractivity contribution < 1.29 is 17.9 Å². The molecule has 0 saturated carbocycles. The zero-order chi connectivity index (χ0) is 22.2. The predicted octanol–water partition coefficient (Wildman–Crippen LogP) is 5.50. The Kier molecular flexibility index (Phi) is 5.79. The summed E-state index contributed by atoms with van der Waals surface area (Å²) >= 11 is 11.9. The van der Waals surface area contributed by atoms with Crippen LogP contribution in [0.25, 0.3) is 6.08 Å². The molecule has 1 atom stereocenters. The maximum absolute atomic E-state index is 13.6. The Bertz CT molecular complexity index is 1250. The van der Waals surface area contributed by atoms with Crippen molar-refractivity contribution in [2.75, 3.05) is 12.0 Å². The first kappa shape index (κ1) is 21.4. The molecule has 8 heteroatoms. The second kappa shape index (κ2) is 8.38. The Morgan fingerprint density at radius 2 is 1.42 bits per heavy atom. The molecule has 0 N–H and O–H groups in total. The van der Waals surface area contributed by atoms with Crippen molar-refractivity contribution in [1.29, 1.82) is 0 Å². The maximum atomic E-state index is 13.6. The van der Waals surface area contributed by atoms with Gasteiger partial charge in [-0.15, -0.1) is 0 Å². The SMILES string of the molecule is COc1ccc(N2C(=O)/C(=C/c3ccc(Cl)cc3)S(=O)(=O)[C@@H]2c2ccc(Cl)cc2)cc1. The van der Waals surface area contributed by atoms with Crippen molar-refractivity contribution in [3.05, 3.63) is 98.9 Å². The van der Waals surface area contributed by atoms with E-state index in [9.17, 15) is 13.2 Å². The van der Waals surface area contributed by atoms with E-state index in [1.807, 2.05) is 0 Å². The minimum atomic E-state index is -4.03. The fourth-order valence-corrected chi connectivity index (χ4v) is 5.56. The molecule has 4 rings (SSSR count). The molecular formula is C23H17Cl2NO4S. The lowest BCUT2D eigenvalue weighted by molar-refractivity contribution is -0.114. The molecule has 1 saturated heterocycles. The van der Waals surface area contributed by atoms with E-state index >= 15 is 0 Å². The number of halogens is 2. The number of nitrogens with zero attached hydrogens (tertiary/aromatic N) is 1. The number of ether oxygens (including phenoxy) is 1. The van der Waals surface area contributed by atoms with Crippen molar-refractivity contribution in [2.45, 2.75) is 5.37 Å². The Labute approximate surface area is 190 Å². The first-order valence-corrected chi connectivity index (χ1v) is 11.6. The molecule has 0 spiro atoms. The number of anilines is 1. The third-order valence-corrected chi connectivity index (χ3v) is 7.42. The lowest BCUT2D eigenvalue weighted by Crippen LogP contribution is -2.28. The van der Waals surface area contributed by atoms with E-state index in [1.54, 1.807) is 72.8 Å². The number of hydrogen-bond acceptors (Lipinski definition) is 4. The first-order chi connectivity index (χ1) is 14.8. The van der Waals surface area contributed by atoms with Gasteiger partial charge in [0.1, 0.15) is 10.7 Å². The van der Waals surface area contributed by atoms with Gasteiger partial charge in [-0.05, 0) is 65.7 Å². The fourth-order valence-electron chi connectivity index (χ4n) is 3.41. The van der Waals surface area contributed by atoms with E-state index in [1.165, 1.54) is 18.1 Å². The van der Waals surface area contributed by atoms with Gasteiger partial charge in [-0.3, -0.25) is 9.69 Å². The minimum Gasteiger partial charge on any atom is -0.497 e. The zero-order valence-electron chi connectivity index (χ0n) is 16.3. The van der Waals surface area contributed by atoms with Crippen molar-refractivity contribution >= 4 is 50.7 Å². The quantitative estimate of drug-likeness (QED) is 0.469. The fraction of sp³-hybridized carbons (Fsp3) is 0.0870. The molecule has 1 amide bonds. The van der Waals surface area contributed by atoms with Gasteiger partial charge < -0.3 is 4.74 Å². The monoisotopic (exact) mass is 473 g/mol. The molecule has 1 fully saturated rings. The third kappa shape index (κ3) is 4.06. The van der Waals surface area contributed by atoms with E-state index in [2.05, 4.69) is 0 Å². The summed E-state index contributed by atoms with van der Waals surface area (Å²) in [6, 6.07) is 19.7. The molecule has 3 aromatic carbocycles. The molecule has 31 heavy (non-hydrogen) atoms. The molecule has 0 aliphatic carbocycles. The normalized spacial score (nSPS) is 19.1. The van der Waals surface area contributed by atoms with E-state index in [4.69, 9.17) is 27.9 Å². The van der Waals surface area contributed by atoms with Gasteiger partial charge >= 0.3 is 0 Å². The summed E-state index contributed by atoms with van der Waals surface area (Å²) in [4.78, 5) is 14.4. The Balaban J connectivity index is 1.88. The number of benzene rings is 3. The van der Waals surface area contributed by atoms with Crippen molar-refractivity contribution in [2.24, 2.45) is 0 Å². The van der Waals surface area contributed by atoms with Gasteiger partial charge in [0, 0.05) is 15.7 Å². The number of sulfone groups is 1. The van der Waals surface area contributed by atoms with Crippen LogP contribution in [0.1, 0.15) is 16.5 Å². The molecule has 1 heterocycles. The average Bonchev–Trinajstić information content (AvgIpc) is 2.96. The summed E-state index contributed by atoms with van der Waals surface area (Å²) < 4.78 is 32.3. The third-order valence-electron chi connectivity index (χ3n) is 4.94. The summed E-state index contributed by atoms with van der Waals surface area (Å²) in [5.41, 5.74) is 1.43. The number of methoxy groups -OCH3 is 1. The highest BCUT2D eigenvalue weighted by Gasteiger charge is 2.50. The van der Waals surface area contributed by atoms with E-state index in [-0.39, 0.29) is 4.91 Å². The lowest BCUT2D eigenvalue weighted by atomic mass is 10.1. The summed E-state index contributed by atoms with van der Waals surface area (Å²) in [5, 5.41) is -0.232. The first-order valence-electron chi connectivity index (χ1n) is 9.25. The number of carbonyl (C=O) groups is 1. The van der Waals surface area contributed by atoms with Crippen LogP contribution in [0.2, 0.25) is 10.0 Å². The van der Waals surface area contributed by atoms with E-state index < -0.39 is 21.1 Å². The molecule has 1 aliphatic heterocycles. The van der Waals surface area contributed by atoms with Crippen molar-refractivity contribution in [3.8, 4) is 5.75 Å². The molecule has 5 nitrogen and oxygen atoms in total. The highest BCUT2D eigenvalue weighted by molar-refractivity contribution is 7.97. The van der Waals surface area contributed by atoms with Crippen LogP contribution in [0, 0.1) is 0 Å². The predicted molar refractivity (Wildman–Crippen MR) is 123 cm³/mol. The van der Waals surface area contributed by atoms with Crippen LogP contribution in [0.4, 0.5) is 5.69 Å². The largest absolute Gasteiger partial charge is 0.497 e.